The van der Waals surface area contributed by atoms with Crippen molar-refractivity contribution >= 4 is 22.9 Å². The van der Waals surface area contributed by atoms with E-state index in [-0.39, 0.29) is 17.9 Å². The number of fused-ring (bicyclic) bond motifs is 1. The molecule has 0 spiro atoms. The summed E-state index contributed by atoms with van der Waals surface area (Å²) in [6.07, 6.45) is 6.12. The molecule has 2 heterocycles. The molecule has 0 atom stereocenters. The number of carbonyl (C=O) groups is 1. The Morgan fingerprint density at radius 1 is 1.00 bits per heavy atom. The average Bonchev–Trinajstić information content (AvgIpc) is 3.14. The van der Waals surface area contributed by atoms with Gasteiger partial charge in [-0.1, -0.05) is 25.0 Å². The van der Waals surface area contributed by atoms with E-state index < -0.39 is 0 Å². The molecule has 132 valence electrons. The van der Waals surface area contributed by atoms with Crippen molar-refractivity contribution in [3.63, 3.8) is 0 Å². The summed E-state index contributed by atoms with van der Waals surface area (Å²) < 4.78 is 13.1. The number of urea groups is 1. The third kappa shape index (κ3) is 3.64. The van der Waals surface area contributed by atoms with Crippen molar-refractivity contribution in [2.75, 3.05) is 5.32 Å². The third-order valence-corrected chi connectivity index (χ3v) is 4.65. The number of hydrogen-bond donors (Lipinski definition) is 2. The van der Waals surface area contributed by atoms with Crippen molar-refractivity contribution in [1.29, 1.82) is 0 Å². The largest absolute Gasteiger partial charge is 0.335 e. The quantitative estimate of drug-likeness (QED) is 0.731. The highest BCUT2D eigenvalue weighted by molar-refractivity contribution is 5.90. The lowest BCUT2D eigenvalue weighted by Crippen LogP contribution is -2.36. The van der Waals surface area contributed by atoms with Gasteiger partial charge < -0.3 is 5.32 Å². The summed E-state index contributed by atoms with van der Waals surface area (Å²) in [4.78, 5) is 21.0. The molecule has 2 N–H and O–H groups in total. The zero-order valence-corrected chi connectivity index (χ0v) is 14.2. The molecule has 0 radical (unpaired) electrons. The fourth-order valence-corrected chi connectivity index (χ4v) is 3.28. The second-order valence-corrected chi connectivity index (χ2v) is 6.55. The van der Waals surface area contributed by atoms with Crippen molar-refractivity contribution < 1.29 is 9.18 Å². The van der Waals surface area contributed by atoms with Gasteiger partial charge in [0.15, 0.2) is 0 Å². The summed E-state index contributed by atoms with van der Waals surface area (Å²) in [6.45, 7) is 0. The number of rotatable bonds is 3. The Morgan fingerprint density at radius 3 is 2.54 bits per heavy atom. The molecule has 4 rings (SSSR count). The lowest BCUT2D eigenvalue weighted by atomic mass is 10.1. The number of aromatic nitrogens is 2. The maximum absolute atomic E-state index is 13.1. The second-order valence-electron chi connectivity index (χ2n) is 6.55. The normalized spacial score (nSPS) is 14.5. The summed E-state index contributed by atoms with van der Waals surface area (Å²) in [6, 6.07) is 11.7. The van der Waals surface area contributed by atoms with Crippen LogP contribution in [0.2, 0.25) is 0 Å². The van der Waals surface area contributed by atoms with Crippen molar-refractivity contribution in [3.8, 4) is 11.1 Å². The van der Waals surface area contributed by atoms with Crippen LogP contribution in [0.1, 0.15) is 25.7 Å². The first-order valence-electron chi connectivity index (χ1n) is 8.78. The van der Waals surface area contributed by atoms with Crippen LogP contribution in [0.5, 0.6) is 0 Å². The van der Waals surface area contributed by atoms with Crippen LogP contribution in [0.4, 0.5) is 15.0 Å². The monoisotopic (exact) mass is 350 g/mol. The van der Waals surface area contributed by atoms with E-state index >= 15 is 0 Å². The van der Waals surface area contributed by atoms with Crippen molar-refractivity contribution in [1.82, 2.24) is 15.3 Å². The maximum Gasteiger partial charge on any atom is 0.320 e. The van der Waals surface area contributed by atoms with Gasteiger partial charge >= 0.3 is 6.03 Å². The zero-order chi connectivity index (χ0) is 17.9. The van der Waals surface area contributed by atoms with E-state index in [9.17, 15) is 9.18 Å². The second kappa shape index (κ2) is 7.07. The Bertz CT molecular complexity index is 936. The third-order valence-electron chi connectivity index (χ3n) is 4.65. The van der Waals surface area contributed by atoms with E-state index in [1.54, 1.807) is 24.4 Å². The maximum atomic E-state index is 13.1. The first-order valence-corrected chi connectivity index (χ1v) is 8.78. The SMILES string of the molecule is O=C(Nc1ccc2ncc(-c3ccc(F)cc3)cc2n1)NC1CCCC1. The van der Waals surface area contributed by atoms with Gasteiger partial charge in [0, 0.05) is 17.8 Å². The van der Waals surface area contributed by atoms with E-state index in [2.05, 4.69) is 20.6 Å². The van der Waals surface area contributed by atoms with Crippen LogP contribution in [0, 0.1) is 5.82 Å². The number of hydrogen-bond acceptors (Lipinski definition) is 3. The zero-order valence-electron chi connectivity index (χ0n) is 14.2. The summed E-state index contributed by atoms with van der Waals surface area (Å²) in [5, 5.41) is 5.77. The fraction of sp³-hybridized carbons (Fsp3) is 0.250. The van der Waals surface area contributed by atoms with Gasteiger partial charge in [0.2, 0.25) is 0 Å². The van der Waals surface area contributed by atoms with Crippen LogP contribution < -0.4 is 10.6 Å². The molecule has 0 unspecified atom stereocenters. The first kappa shape index (κ1) is 16.4. The van der Waals surface area contributed by atoms with Crippen molar-refractivity contribution in [2.24, 2.45) is 0 Å². The van der Waals surface area contributed by atoms with Gasteiger partial charge in [-0.05, 0) is 48.7 Å². The molecule has 5 nitrogen and oxygen atoms in total. The molecule has 0 saturated heterocycles. The van der Waals surface area contributed by atoms with Crippen LogP contribution in [0.3, 0.4) is 0 Å². The summed E-state index contributed by atoms with van der Waals surface area (Å²) in [5.41, 5.74) is 3.11. The number of nitrogens with zero attached hydrogens (tertiary/aromatic N) is 2. The number of nitrogens with one attached hydrogen (secondary N) is 2. The lowest BCUT2D eigenvalue weighted by Gasteiger charge is -2.12. The Hall–Kier alpha value is -3.02. The molecule has 2 amide bonds. The Balaban J connectivity index is 1.55. The molecular formula is C20H19FN4O. The van der Waals surface area contributed by atoms with Gasteiger partial charge in [-0.15, -0.1) is 0 Å². The van der Waals surface area contributed by atoms with E-state index in [0.29, 0.717) is 11.3 Å². The molecule has 1 aromatic carbocycles. The molecule has 2 aromatic heterocycles. The average molecular weight is 350 g/mol. The van der Waals surface area contributed by atoms with Gasteiger partial charge in [-0.3, -0.25) is 10.3 Å². The van der Waals surface area contributed by atoms with Gasteiger partial charge in [0.25, 0.3) is 0 Å². The van der Waals surface area contributed by atoms with Crippen molar-refractivity contribution in [3.05, 3.63) is 54.5 Å². The molecule has 3 aromatic rings. The number of halogens is 1. The molecule has 1 aliphatic carbocycles. The first-order chi connectivity index (χ1) is 12.7. The predicted octanol–water partition coefficient (Wildman–Crippen LogP) is 4.50. The number of amides is 2. The molecule has 0 bridgehead atoms. The van der Waals surface area contributed by atoms with Crippen LogP contribution in [0.25, 0.3) is 22.2 Å². The minimum absolute atomic E-state index is 0.230. The standard InChI is InChI=1S/C20H19FN4O/c21-15-7-5-13(6-8-15)14-11-18-17(22-12-14)9-10-19(24-18)25-20(26)23-16-3-1-2-4-16/h5-12,16H,1-4H2,(H2,23,24,25,26). The smallest absolute Gasteiger partial charge is 0.320 e. The lowest BCUT2D eigenvalue weighted by molar-refractivity contribution is 0.248. The molecule has 0 aliphatic heterocycles. The van der Waals surface area contributed by atoms with Crippen LogP contribution >= 0.6 is 0 Å². The van der Waals surface area contributed by atoms with Crippen LogP contribution in [-0.2, 0) is 0 Å². The Kier molecular flexibility index (Phi) is 4.48. The minimum atomic E-state index is -0.277. The van der Waals surface area contributed by atoms with Gasteiger partial charge in [0.1, 0.15) is 11.6 Å². The number of anilines is 1. The number of benzene rings is 1. The number of carbonyl (C=O) groups excluding carboxylic acids is 1. The Labute approximate surface area is 150 Å². The van der Waals surface area contributed by atoms with E-state index in [1.165, 1.54) is 12.1 Å². The topological polar surface area (TPSA) is 66.9 Å². The highest BCUT2D eigenvalue weighted by Crippen LogP contribution is 2.23. The highest BCUT2D eigenvalue weighted by atomic mass is 19.1. The minimum Gasteiger partial charge on any atom is -0.335 e. The van der Waals surface area contributed by atoms with E-state index in [4.69, 9.17) is 0 Å². The molecule has 1 fully saturated rings. The molecule has 1 saturated carbocycles. The Morgan fingerprint density at radius 2 is 1.77 bits per heavy atom. The molecule has 1 aliphatic rings. The molecule has 26 heavy (non-hydrogen) atoms. The van der Waals surface area contributed by atoms with Gasteiger partial charge in [0.05, 0.1) is 11.0 Å². The summed E-state index contributed by atoms with van der Waals surface area (Å²) in [5.74, 6) is 0.200. The fourth-order valence-electron chi connectivity index (χ4n) is 3.28. The predicted molar refractivity (Wildman–Crippen MR) is 99.3 cm³/mol. The molecular weight excluding hydrogens is 331 g/mol. The van der Waals surface area contributed by atoms with E-state index in [1.807, 2.05) is 12.1 Å². The number of pyridine rings is 2. The van der Waals surface area contributed by atoms with Crippen LogP contribution in [0.15, 0.2) is 48.7 Å². The highest BCUT2D eigenvalue weighted by Gasteiger charge is 2.17. The molecule has 6 heteroatoms. The van der Waals surface area contributed by atoms with Crippen molar-refractivity contribution in [2.45, 2.75) is 31.7 Å². The van der Waals surface area contributed by atoms with Gasteiger partial charge in [-0.25, -0.2) is 14.2 Å². The van der Waals surface area contributed by atoms with E-state index in [0.717, 1.165) is 42.3 Å². The van der Waals surface area contributed by atoms with Crippen LogP contribution in [-0.4, -0.2) is 22.0 Å². The summed E-state index contributed by atoms with van der Waals surface area (Å²) >= 11 is 0. The van der Waals surface area contributed by atoms with Gasteiger partial charge in [-0.2, -0.15) is 0 Å². The summed E-state index contributed by atoms with van der Waals surface area (Å²) in [7, 11) is 0.